The third-order valence-corrected chi connectivity index (χ3v) is 2.66. The molecule has 0 aliphatic rings. The highest BCUT2D eigenvalue weighted by Crippen LogP contribution is 2.17. The summed E-state index contributed by atoms with van der Waals surface area (Å²) in [5.41, 5.74) is -0.195. The first kappa shape index (κ1) is 14.0. The lowest BCUT2D eigenvalue weighted by Crippen LogP contribution is -2.13. The van der Waals surface area contributed by atoms with Crippen LogP contribution in [0.5, 0.6) is 11.5 Å². The Kier molecular flexibility index (Phi) is 4.30. The van der Waals surface area contributed by atoms with E-state index >= 15 is 0 Å². The van der Waals surface area contributed by atoms with Crippen LogP contribution in [0, 0.1) is 11.6 Å². The molecule has 0 bridgehead atoms. The molecule has 0 atom stereocenters. The van der Waals surface area contributed by atoms with Gasteiger partial charge in [-0.15, -0.1) is 0 Å². The highest BCUT2D eigenvalue weighted by Gasteiger charge is 2.13. The van der Waals surface area contributed by atoms with E-state index in [0.717, 1.165) is 12.1 Å². The standard InChI is InChI=1S/C15H12F2O3/c1-19-11-3-5-12(6-4-11)20-9-15(18)13-7-2-10(16)8-14(13)17/h2-8H,9H2,1H3. The molecule has 2 aromatic carbocycles. The molecule has 2 aromatic rings. The zero-order valence-corrected chi connectivity index (χ0v) is 10.7. The lowest BCUT2D eigenvalue weighted by molar-refractivity contribution is 0.0917. The van der Waals surface area contributed by atoms with Crippen molar-refractivity contribution in [3.05, 3.63) is 59.7 Å². The Bertz CT molecular complexity index is 609. The van der Waals surface area contributed by atoms with Crippen molar-refractivity contribution in [2.24, 2.45) is 0 Å². The highest BCUT2D eigenvalue weighted by molar-refractivity contribution is 5.97. The monoisotopic (exact) mass is 278 g/mol. The first-order valence-electron chi connectivity index (χ1n) is 5.85. The average molecular weight is 278 g/mol. The van der Waals surface area contributed by atoms with Gasteiger partial charge in [0.1, 0.15) is 23.1 Å². The minimum Gasteiger partial charge on any atom is -0.497 e. The molecule has 0 N–H and O–H groups in total. The van der Waals surface area contributed by atoms with E-state index in [-0.39, 0.29) is 12.2 Å². The summed E-state index contributed by atoms with van der Waals surface area (Å²) in [6, 6.07) is 9.42. The molecule has 0 radical (unpaired) electrons. The van der Waals surface area contributed by atoms with Crippen LogP contribution >= 0.6 is 0 Å². The molecular weight excluding hydrogens is 266 g/mol. The third-order valence-electron chi connectivity index (χ3n) is 2.66. The summed E-state index contributed by atoms with van der Waals surface area (Å²) in [4.78, 5) is 11.8. The first-order valence-corrected chi connectivity index (χ1v) is 5.85. The van der Waals surface area contributed by atoms with Crippen molar-refractivity contribution in [3.8, 4) is 11.5 Å². The molecule has 104 valence electrons. The molecule has 0 aromatic heterocycles. The number of hydrogen-bond acceptors (Lipinski definition) is 3. The quantitative estimate of drug-likeness (QED) is 0.788. The Balaban J connectivity index is 2.00. The Morgan fingerprint density at radius 1 is 1.05 bits per heavy atom. The van der Waals surface area contributed by atoms with Gasteiger partial charge in [-0.2, -0.15) is 0 Å². The number of hydrogen-bond donors (Lipinski definition) is 0. The minimum atomic E-state index is -0.895. The molecule has 3 nitrogen and oxygen atoms in total. The van der Waals surface area contributed by atoms with Crippen molar-refractivity contribution >= 4 is 5.78 Å². The molecular formula is C15H12F2O3. The second-order valence-corrected chi connectivity index (χ2v) is 4.01. The van der Waals surface area contributed by atoms with Gasteiger partial charge in [0.2, 0.25) is 5.78 Å². The van der Waals surface area contributed by atoms with E-state index in [1.165, 1.54) is 7.11 Å². The van der Waals surface area contributed by atoms with E-state index in [4.69, 9.17) is 9.47 Å². The van der Waals surface area contributed by atoms with Crippen LogP contribution < -0.4 is 9.47 Å². The highest BCUT2D eigenvalue weighted by atomic mass is 19.1. The number of ketones is 1. The summed E-state index contributed by atoms with van der Waals surface area (Å²) in [7, 11) is 1.54. The van der Waals surface area contributed by atoms with Crippen LogP contribution in [0.1, 0.15) is 10.4 Å². The molecule has 0 spiro atoms. The van der Waals surface area contributed by atoms with Crippen LogP contribution in [0.25, 0.3) is 0 Å². The molecule has 0 saturated heterocycles. The van der Waals surface area contributed by atoms with Crippen molar-refractivity contribution in [2.75, 3.05) is 13.7 Å². The molecule has 5 heteroatoms. The molecule has 0 heterocycles. The fraction of sp³-hybridized carbons (Fsp3) is 0.133. The summed E-state index contributed by atoms with van der Waals surface area (Å²) in [5, 5.41) is 0. The van der Waals surface area contributed by atoms with Gasteiger partial charge >= 0.3 is 0 Å². The average Bonchev–Trinajstić information content (AvgIpc) is 2.45. The van der Waals surface area contributed by atoms with Gasteiger partial charge in [-0.05, 0) is 36.4 Å². The Labute approximate surface area is 114 Å². The summed E-state index contributed by atoms with van der Waals surface area (Å²) >= 11 is 0. The number of carbonyl (C=O) groups excluding carboxylic acids is 1. The minimum absolute atomic E-state index is 0.195. The van der Waals surface area contributed by atoms with Gasteiger partial charge in [-0.3, -0.25) is 4.79 Å². The molecule has 0 aliphatic heterocycles. The van der Waals surface area contributed by atoms with Crippen LogP contribution in [0.3, 0.4) is 0 Å². The lowest BCUT2D eigenvalue weighted by Gasteiger charge is -2.07. The molecule has 2 rings (SSSR count). The zero-order valence-electron chi connectivity index (χ0n) is 10.7. The topological polar surface area (TPSA) is 35.5 Å². The van der Waals surface area contributed by atoms with Gasteiger partial charge in [0.15, 0.2) is 6.61 Å². The number of Topliss-reactive ketones (excluding diaryl/α,β-unsaturated/α-hetero) is 1. The number of methoxy groups -OCH3 is 1. The van der Waals surface area contributed by atoms with Crippen LogP contribution in [0.15, 0.2) is 42.5 Å². The smallest absolute Gasteiger partial charge is 0.203 e. The summed E-state index contributed by atoms with van der Waals surface area (Å²) in [5.74, 6) is -1.06. The van der Waals surface area contributed by atoms with E-state index in [2.05, 4.69) is 0 Å². The molecule has 20 heavy (non-hydrogen) atoms. The lowest BCUT2D eigenvalue weighted by atomic mass is 10.1. The van der Waals surface area contributed by atoms with Crippen molar-refractivity contribution in [1.29, 1.82) is 0 Å². The second kappa shape index (κ2) is 6.14. The maximum atomic E-state index is 13.4. The fourth-order valence-electron chi connectivity index (χ4n) is 1.61. The van der Waals surface area contributed by atoms with Gasteiger partial charge in [0.05, 0.1) is 12.7 Å². The predicted molar refractivity (Wildman–Crippen MR) is 69.2 cm³/mol. The van der Waals surface area contributed by atoms with Crippen LogP contribution in [0.2, 0.25) is 0 Å². The second-order valence-electron chi connectivity index (χ2n) is 4.01. The molecule has 0 saturated carbocycles. The molecule has 0 aliphatic carbocycles. The van der Waals surface area contributed by atoms with E-state index in [0.29, 0.717) is 17.6 Å². The summed E-state index contributed by atoms with van der Waals surface area (Å²) in [6.07, 6.45) is 0. The molecule has 0 amide bonds. The maximum absolute atomic E-state index is 13.4. The Morgan fingerprint density at radius 2 is 1.70 bits per heavy atom. The van der Waals surface area contributed by atoms with Gasteiger partial charge < -0.3 is 9.47 Å². The normalized spacial score (nSPS) is 10.2. The number of halogens is 2. The van der Waals surface area contributed by atoms with Crippen LogP contribution in [0.4, 0.5) is 8.78 Å². The van der Waals surface area contributed by atoms with E-state index in [9.17, 15) is 13.6 Å². The molecule has 0 unspecified atom stereocenters. The third kappa shape index (κ3) is 3.32. The van der Waals surface area contributed by atoms with Gasteiger partial charge in [-0.25, -0.2) is 8.78 Å². The van der Waals surface area contributed by atoms with E-state index < -0.39 is 17.4 Å². The Morgan fingerprint density at radius 3 is 2.30 bits per heavy atom. The Hall–Kier alpha value is -2.43. The number of rotatable bonds is 5. The van der Waals surface area contributed by atoms with Gasteiger partial charge in [-0.1, -0.05) is 0 Å². The fourth-order valence-corrected chi connectivity index (χ4v) is 1.61. The zero-order chi connectivity index (χ0) is 14.5. The van der Waals surface area contributed by atoms with Crippen molar-refractivity contribution in [3.63, 3.8) is 0 Å². The first-order chi connectivity index (χ1) is 9.60. The maximum Gasteiger partial charge on any atom is 0.203 e. The largest absolute Gasteiger partial charge is 0.497 e. The van der Waals surface area contributed by atoms with Gasteiger partial charge in [0.25, 0.3) is 0 Å². The van der Waals surface area contributed by atoms with Crippen LogP contribution in [-0.2, 0) is 0 Å². The van der Waals surface area contributed by atoms with Crippen molar-refractivity contribution in [1.82, 2.24) is 0 Å². The van der Waals surface area contributed by atoms with Crippen LogP contribution in [-0.4, -0.2) is 19.5 Å². The predicted octanol–water partition coefficient (Wildman–Crippen LogP) is 3.24. The van der Waals surface area contributed by atoms with Crippen molar-refractivity contribution in [2.45, 2.75) is 0 Å². The number of carbonyl (C=O) groups is 1. The molecule has 0 fully saturated rings. The van der Waals surface area contributed by atoms with E-state index in [1.54, 1.807) is 24.3 Å². The van der Waals surface area contributed by atoms with E-state index in [1.807, 2.05) is 0 Å². The summed E-state index contributed by atoms with van der Waals surface area (Å²) in [6.45, 7) is -0.325. The SMILES string of the molecule is COc1ccc(OCC(=O)c2ccc(F)cc2F)cc1. The van der Waals surface area contributed by atoms with Gasteiger partial charge in [0, 0.05) is 6.07 Å². The summed E-state index contributed by atoms with van der Waals surface area (Å²) < 4.78 is 36.4. The van der Waals surface area contributed by atoms with Crippen molar-refractivity contribution < 1.29 is 23.0 Å². The number of ether oxygens (including phenoxy) is 2. The number of benzene rings is 2.